The van der Waals surface area contributed by atoms with Gasteiger partial charge in [0.05, 0.1) is 21.3 Å². The number of halogens is 1. The fourth-order valence-electron chi connectivity index (χ4n) is 2.23. The van der Waals surface area contributed by atoms with E-state index in [9.17, 15) is 9.59 Å². The van der Waals surface area contributed by atoms with Crippen LogP contribution < -0.4 is 10.9 Å². The third-order valence-corrected chi connectivity index (χ3v) is 5.78. The quantitative estimate of drug-likeness (QED) is 0.474. The molecule has 5 nitrogen and oxygen atoms in total. The van der Waals surface area contributed by atoms with Gasteiger partial charge in [0.2, 0.25) is 0 Å². The second-order valence-corrected chi connectivity index (χ2v) is 8.08. The van der Waals surface area contributed by atoms with E-state index in [1.54, 1.807) is 59.5 Å². The first-order valence-electron chi connectivity index (χ1n) is 8.02. The lowest BCUT2D eigenvalue weighted by molar-refractivity contribution is 0.0846. The van der Waals surface area contributed by atoms with E-state index in [0.29, 0.717) is 16.1 Å². The summed E-state index contributed by atoms with van der Waals surface area (Å²) in [5, 5.41) is 3.42. The molecule has 0 aliphatic heterocycles. The molecular formula is C19H16ClN3O2S2. The van der Waals surface area contributed by atoms with Crippen LogP contribution in [0.25, 0.3) is 0 Å². The molecule has 0 aliphatic carbocycles. The van der Waals surface area contributed by atoms with Gasteiger partial charge >= 0.3 is 0 Å². The molecule has 2 aromatic carbocycles. The third kappa shape index (κ3) is 5.32. The highest BCUT2D eigenvalue weighted by Crippen LogP contribution is 2.23. The minimum atomic E-state index is -0.473. The second kappa shape index (κ2) is 9.03. The molecule has 3 rings (SSSR count). The summed E-state index contributed by atoms with van der Waals surface area (Å²) < 4.78 is 0. The van der Waals surface area contributed by atoms with E-state index in [2.05, 4.69) is 15.8 Å². The molecule has 0 radical (unpaired) electrons. The lowest BCUT2D eigenvalue weighted by Crippen LogP contribution is -2.41. The highest BCUT2D eigenvalue weighted by atomic mass is 35.5. The summed E-state index contributed by atoms with van der Waals surface area (Å²) in [5.41, 5.74) is 6.55. The minimum Gasteiger partial charge on any atom is -0.267 e. The Morgan fingerprint density at radius 3 is 2.44 bits per heavy atom. The van der Waals surface area contributed by atoms with Crippen molar-refractivity contribution in [1.82, 2.24) is 15.8 Å². The summed E-state index contributed by atoms with van der Waals surface area (Å²) in [6.45, 7) is 1.98. The standard InChI is InChI=1S/C19H16ClN3O2S2/c1-12-21-14(10-26-12)11-27-15-8-6-13(7-9-15)18(24)22-23-19(25)16-4-2-3-5-17(16)20/h2-10H,11H2,1H3,(H,22,24)(H,23,25). The zero-order chi connectivity index (χ0) is 19.2. The van der Waals surface area contributed by atoms with Gasteiger partial charge in [-0.05, 0) is 43.3 Å². The number of thiazole rings is 1. The van der Waals surface area contributed by atoms with Crippen molar-refractivity contribution in [2.45, 2.75) is 17.6 Å². The maximum atomic E-state index is 12.2. The van der Waals surface area contributed by atoms with E-state index in [1.807, 2.05) is 24.4 Å². The van der Waals surface area contributed by atoms with Gasteiger partial charge < -0.3 is 0 Å². The van der Waals surface area contributed by atoms with Crippen LogP contribution in [0.15, 0.2) is 58.8 Å². The van der Waals surface area contributed by atoms with Crippen LogP contribution >= 0.6 is 34.7 Å². The molecular weight excluding hydrogens is 402 g/mol. The van der Waals surface area contributed by atoms with Gasteiger partial charge in [-0.3, -0.25) is 20.4 Å². The van der Waals surface area contributed by atoms with Crippen LogP contribution in [0.3, 0.4) is 0 Å². The average Bonchev–Trinajstić information content (AvgIpc) is 3.10. The van der Waals surface area contributed by atoms with Crippen molar-refractivity contribution in [3.63, 3.8) is 0 Å². The van der Waals surface area contributed by atoms with Crippen LogP contribution in [0.4, 0.5) is 0 Å². The van der Waals surface area contributed by atoms with Crippen molar-refractivity contribution in [2.24, 2.45) is 0 Å². The molecule has 0 atom stereocenters. The van der Waals surface area contributed by atoms with Crippen LogP contribution in [-0.4, -0.2) is 16.8 Å². The molecule has 0 fully saturated rings. The van der Waals surface area contributed by atoms with Gasteiger partial charge in [0, 0.05) is 21.6 Å². The molecule has 0 unspecified atom stereocenters. The second-order valence-electron chi connectivity index (χ2n) is 5.56. The number of aromatic nitrogens is 1. The van der Waals surface area contributed by atoms with Crippen molar-refractivity contribution in [2.75, 3.05) is 0 Å². The molecule has 1 heterocycles. The van der Waals surface area contributed by atoms with E-state index >= 15 is 0 Å². The largest absolute Gasteiger partial charge is 0.271 e. The smallest absolute Gasteiger partial charge is 0.267 e. The minimum absolute atomic E-state index is 0.295. The maximum absolute atomic E-state index is 12.2. The Kier molecular flexibility index (Phi) is 6.49. The zero-order valence-electron chi connectivity index (χ0n) is 14.4. The Morgan fingerprint density at radius 1 is 1.07 bits per heavy atom. The van der Waals surface area contributed by atoms with Gasteiger partial charge in [0.1, 0.15) is 0 Å². The number of benzene rings is 2. The number of hydrogen-bond acceptors (Lipinski definition) is 5. The maximum Gasteiger partial charge on any atom is 0.271 e. The Labute approximate surface area is 170 Å². The number of hydrogen-bond donors (Lipinski definition) is 2. The molecule has 0 aliphatic rings. The number of hydrazine groups is 1. The van der Waals surface area contributed by atoms with Crippen molar-refractivity contribution < 1.29 is 9.59 Å². The number of amides is 2. The van der Waals surface area contributed by atoms with Crippen molar-refractivity contribution in [1.29, 1.82) is 0 Å². The van der Waals surface area contributed by atoms with Gasteiger partial charge in [-0.1, -0.05) is 23.7 Å². The molecule has 2 amide bonds. The molecule has 8 heteroatoms. The lowest BCUT2D eigenvalue weighted by Gasteiger charge is -2.09. The molecule has 138 valence electrons. The van der Waals surface area contributed by atoms with Gasteiger partial charge in [0.25, 0.3) is 11.8 Å². The number of carbonyl (C=O) groups excluding carboxylic acids is 2. The SMILES string of the molecule is Cc1nc(CSc2ccc(C(=O)NNC(=O)c3ccccc3Cl)cc2)cs1. The van der Waals surface area contributed by atoms with Gasteiger partial charge in [-0.25, -0.2) is 4.98 Å². The molecule has 0 saturated heterocycles. The Morgan fingerprint density at radius 2 is 1.78 bits per heavy atom. The van der Waals surface area contributed by atoms with Gasteiger partial charge in [-0.15, -0.1) is 23.1 Å². The summed E-state index contributed by atoms with van der Waals surface area (Å²) in [7, 11) is 0. The fourth-order valence-corrected chi connectivity index (χ4v) is 3.96. The number of nitrogens with one attached hydrogen (secondary N) is 2. The normalized spacial score (nSPS) is 10.4. The summed E-state index contributed by atoms with van der Waals surface area (Å²) in [5.74, 6) is -0.0918. The Bertz CT molecular complexity index is 958. The number of rotatable bonds is 5. The molecule has 1 aromatic heterocycles. The monoisotopic (exact) mass is 417 g/mol. The van der Waals surface area contributed by atoms with Gasteiger partial charge in [0.15, 0.2) is 0 Å². The first-order chi connectivity index (χ1) is 13.0. The van der Waals surface area contributed by atoms with Crippen LogP contribution in [0.1, 0.15) is 31.4 Å². The Balaban J connectivity index is 1.52. The van der Waals surface area contributed by atoms with Crippen molar-refractivity contribution >= 4 is 46.5 Å². The molecule has 0 saturated carbocycles. The average molecular weight is 418 g/mol. The number of nitrogens with zero attached hydrogens (tertiary/aromatic N) is 1. The van der Waals surface area contributed by atoms with Crippen LogP contribution in [0, 0.1) is 6.92 Å². The van der Waals surface area contributed by atoms with Crippen LogP contribution in [0.2, 0.25) is 5.02 Å². The van der Waals surface area contributed by atoms with E-state index in [1.165, 1.54) is 0 Å². The zero-order valence-corrected chi connectivity index (χ0v) is 16.8. The van der Waals surface area contributed by atoms with Crippen LogP contribution in [0.5, 0.6) is 0 Å². The van der Waals surface area contributed by atoms with E-state index < -0.39 is 11.8 Å². The molecule has 0 bridgehead atoms. The number of aryl methyl sites for hydroxylation is 1. The molecule has 0 spiro atoms. The number of carbonyl (C=O) groups is 2. The van der Waals surface area contributed by atoms with Gasteiger partial charge in [-0.2, -0.15) is 0 Å². The summed E-state index contributed by atoms with van der Waals surface area (Å²) >= 11 is 9.25. The fraction of sp³-hybridized carbons (Fsp3) is 0.105. The lowest BCUT2D eigenvalue weighted by atomic mass is 10.2. The van der Waals surface area contributed by atoms with E-state index in [0.717, 1.165) is 21.3 Å². The topological polar surface area (TPSA) is 71.1 Å². The van der Waals surface area contributed by atoms with Crippen LogP contribution in [-0.2, 0) is 5.75 Å². The van der Waals surface area contributed by atoms with Crippen molar-refractivity contribution in [3.8, 4) is 0 Å². The number of thioether (sulfide) groups is 1. The predicted molar refractivity (Wildman–Crippen MR) is 109 cm³/mol. The highest BCUT2D eigenvalue weighted by Gasteiger charge is 2.11. The third-order valence-electron chi connectivity index (χ3n) is 3.58. The molecule has 2 N–H and O–H groups in total. The summed E-state index contributed by atoms with van der Waals surface area (Å²) in [6, 6.07) is 13.8. The van der Waals surface area contributed by atoms with E-state index in [-0.39, 0.29) is 0 Å². The molecule has 27 heavy (non-hydrogen) atoms. The first-order valence-corrected chi connectivity index (χ1v) is 10.3. The summed E-state index contributed by atoms with van der Waals surface area (Å²) in [6.07, 6.45) is 0. The van der Waals surface area contributed by atoms with E-state index in [4.69, 9.17) is 11.6 Å². The Hall–Kier alpha value is -2.35. The predicted octanol–water partition coefficient (Wildman–Crippen LogP) is 4.47. The molecule has 3 aromatic rings. The first kappa shape index (κ1) is 19.4. The van der Waals surface area contributed by atoms with Crippen molar-refractivity contribution in [3.05, 3.63) is 80.8 Å². The summed E-state index contributed by atoms with van der Waals surface area (Å²) in [4.78, 5) is 29.7. The highest BCUT2D eigenvalue weighted by molar-refractivity contribution is 7.98.